The van der Waals surface area contributed by atoms with Crippen LogP contribution >= 0.6 is 0 Å². The molecule has 2 aliphatic carbocycles. The van der Waals surface area contributed by atoms with Crippen molar-refractivity contribution >= 4 is 56.4 Å². The van der Waals surface area contributed by atoms with Crippen molar-refractivity contribution in [2.24, 2.45) is 23.3 Å². The van der Waals surface area contributed by atoms with E-state index in [2.05, 4.69) is 54.2 Å². The van der Waals surface area contributed by atoms with Gasteiger partial charge in [-0.05, 0) is 141 Å². The summed E-state index contributed by atoms with van der Waals surface area (Å²) >= 11 is 0. The van der Waals surface area contributed by atoms with E-state index in [1.165, 1.54) is 24.3 Å². The minimum absolute atomic E-state index is 0.147. The number of anilines is 4. The molecule has 10 rings (SSSR count). The van der Waals surface area contributed by atoms with Gasteiger partial charge in [0.25, 0.3) is 11.8 Å². The van der Waals surface area contributed by atoms with E-state index in [1.54, 1.807) is 63.5 Å². The molecule has 6 N–H and O–H groups in total. The first kappa shape index (κ1) is 49.8. The number of ether oxygens (including phenoxy) is 2. The number of pyridine rings is 4. The fourth-order valence-electron chi connectivity index (χ4n) is 11.7. The van der Waals surface area contributed by atoms with Crippen molar-refractivity contribution in [3.8, 4) is 0 Å². The third-order valence-corrected chi connectivity index (χ3v) is 15.0. The van der Waals surface area contributed by atoms with Crippen molar-refractivity contribution in [1.82, 2.24) is 19.9 Å². The largest absolute Gasteiger partial charge is 0.383 e. The van der Waals surface area contributed by atoms with E-state index in [9.17, 15) is 18.4 Å². The average molecular weight is 969 g/mol. The first-order chi connectivity index (χ1) is 34.4. The zero-order valence-corrected chi connectivity index (χ0v) is 41.1. The monoisotopic (exact) mass is 969 g/mol. The molecule has 8 atom stereocenters. The topological polar surface area (TPSA) is 187 Å². The van der Waals surface area contributed by atoms with Crippen LogP contribution in [0.15, 0.2) is 85.7 Å². The van der Waals surface area contributed by atoms with Gasteiger partial charge >= 0.3 is 0 Å². The Morgan fingerprint density at radius 1 is 0.690 bits per heavy atom. The summed E-state index contributed by atoms with van der Waals surface area (Å²) in [6, 6.07) is 13.7. The summed E-state index contributed by atoms with van der Waals surface area (Å²) in [4.78, 5) is 48.7. The van der Waals surface area contributed by atoms with Gasteiger partial charge in [-0.25, -0.2) is 8.78 Å². The number of carbonyl (C=O) groups is 2. The van der Waals surface area contributed by atoms with Crippen LogP contribution in [0.1, 0.15) is 115 Å². The second-order valence-corrected chi connectivity index (χ2v) is 20.3. The molecule has 0 bridgehead atoms. The molecule has 2 aromatic carbocycles. The quantitative estimate of drug-likeness (QED) is 0.0966. The lowest BCUT2D eigenvalue weighted by Gasteiger charge is -2.32. The first-order valence-electron chi connectivity index (χ1n) is 25.1. The van der Waals surface area contributed by atoms with Gasteiger partial charge in [0.1, 0.15) is 11.6 Å². The lowest BCUT2D eigenvalue weighted by atomic mass is 9.76. The highest BCUT2D eigenvalue weighted by molar-refractivity contribution is 6.13. The molecule has 4 aromatic heterocycles. The van der Waals surface area contributed by atoms with Gasteiger partial charge in [0, 0.05) is 69.1 Å². The van der Waals surface area contributed by atoms with Crippen LogP contribution < -0.4 is 31.9 Å². The fraction of sp³-hybridized carbons (Fsp3) is 0.455. The third kappa shape index (κ3) is 11.2. The van der Waals surface area contributed by atoms with E-state index in [-0.39, 0.29) is 47.9 Å². The molecule has 71 heavy (non-hydrogen) atoms. The summed E-state index contributed by atoms with van der Waals surface area (Å²) < 4.78 is 40.5. The van der Waals surface area contributed by atoms with Crippen molar-refractivity contribution in [2.75, 3.05) is 60.9 Å². The molecule has 4 aliphatic rings. The van der Waals surface area contributed by atoms with Crippen molar-refractivity contribution < 1.29 is 27.8 Å². The van der Waals surface area contributed by atoms with Gasteiger partial charge < -0.3 is 41.4 Å². The van der Waals surface area contributed by atoms with Gasteiger partial charge in [0.15, 0.2) is 0 Å². The van der Waals surface area contributed by atoms with Gasteiger partial charge in [-0.2, -0.15) is 0 Å². The number of carbonyl (C=O) groups excluding carboxylic acids is 2. The van der Waals surface area contributed by atoms with Gasteiger partial charge in [-0.3, -0.25) is 29.5 Å². The van der Waals surface area contributed by atoms with E-state index < -0.39 is 11.6 Å². The van der Waals surface area contributed by atoms with Crippen molar-refractivity contribution in [1.29, 1.82) is 0 Å². The van der Waals surface area contributed by atoms with E-state index in [1.807, 2.05) is 12.1 Å². The number of amides is 2. The zero-order chi connectivity index (χ0) is 49.8. The number of aromatic nitrogens is 4. The maximum absolute atomic E-state index is 14.9. The number of nitrogens with zero attached hydrogens (tertiary/aromatic N) is 6. The van der Waals surface area contributed by atoms with Crippen LogP contribution in [-0.2, 0) is 9.47 Å². The Hall–Kier alpha value is -6.20. The summed E-state index contributed by atoms with van der Waals surface area (Å²) in [5, 5.41) is 6.71. The Morgan fingerprint density at radius 2 is 1.23 bits per heavy atom. The second kappa shape index (κ2) is 22.1. The van der Waals surface area contributed by atoms with Crippen LogP contribution in [0.25, 0.3) is 21.8 Å². The average Bonchev–Trinajstić information content (AvgIpc) is 4.05. The van der Waals surface area contributed by atoms with E-state index in [0.717, 1.165) is 99.9 Å². The number of fused-ring (bicyclic) bond motifs is 2. The first-order valence-corrected chi connectivity index (χ1v) is 25.1. The Labute approximate surface area is 414 Å². The number of hydrogen-bond donors (Lipinski definition) is 4. The van der Waals surface area contributed by atoms with Crippen molar-refractivity contribution in [3.63, 3.8) is 0 Å². The van der Waals surface area contributed by atoms with Crippen LogP contribution in [0.4, 0.5) is 31.5 Å². The maximum Gasteiger partial charge on any atom is 0.257 e. The summed E-state index contributed by atoms with van der Waals surface area (Å²) in [5.74, 6) is 0.0941. The summed E-state index contributed by atoms with van der Waals surface area (Å²) in [6.45, 7) is 7.47. The summed E-state index contributed by atoms with van der Waals surface area (Å²) in [6.07, 6.45) is 19.3. The molecule has 2 saturated carbocycles. The van der Waals surface area contributed by atoms with Gasteiger partial charge in [-0.15, -0.1) is 0 Å². The van der Waals surface area contributed by atoms with Crippen LogP contribution in [0.5, 0.6) is 0 Å². The Morgan fingerprint density at radius 3 is 1.73 bits per heavy atom. The van der Waals surface area contributed by atoms with Gasteiger partial charge in [0.05, 0.1) is 88.4 Å². The van der Waals surface area contributed by atoms with Gasteiger partial charge in [0.2, 0.25) is 0 Å². The predicted octanol–water partition coefficient (Wildman–Crippen LogP) is 9.34. The minimum atomic E-state index is -0.402. The molecular formula is C55H66F2N10O4. The van der Waals surface area contributed by atoms with Crippen molar-refractivity contribution in [2.45, 2.75) is 108 Å². The number of methoxy groups -OCH3 is 2. The second-order valence-electron chi connectivity index (χ2n) is 20.3. The van der Waals surface area contributed by atoms with E-state index in [4.69, 9.17) is 20.9 Å². The lowest BCUT2D eigenvalue weighted by molar-refractivity contribution is 0.101. The summed E-state index contributed by atoms with van der Waals surface area (Å²) in [5.41, 5.74) is 19.0. The maximum atomic E-state index is 14.9. The van der Waals surface area contributed by atoms with Crippen LogP contribution in [-0.4, -0.2) is 96.4 Å². The number of halogens is 2. The predicted molar refractivity (Wildman–Crippen MR) is 275 cm³/mol. The molecule has 4 fully saturated rings. The SMILES string of the molecule is COC[C@@H]1CCCN1c1cnc2c(C(=O)Nc3cnccc3[C@@H]3C[C@H](C)C[C@H](N)C3)ccc(F)c2c1.CO[C@@H]1CCN(c2cnc3c(C(=O)Nc4cnccc4[C@@H]4C[C@H](C)C[C@H](N)C4)ccc(F)c3c2)C1. The lowest BCUT2D eigenvalue weighted by Crippen LogP contribution is -2.32. The third-order valence-electron chi connectivity index (χ3n) is 15.0. The number of rotatable bonds is 11. The molecule has 2 saturated heterocycles. The Balaban J connectivity index is 0.000000176. The summed E-state index contributed by atoms with van der Waals surface area (Å²) in [7, 11) is 3.39. The van der Waals surface area contributed by atoms with E-state index >= 15 is 0 Å². The molecule has 6 aromatic rings. The number of benzene rings is 2. The molecule has 2 aliphatic heterocycles. The number of nitrogens with one attached hydrogen (secondary N) is 2. The number of nitrogens with two attached hydrogens (primary N) is 2. The molecule has 0 unspecified atom stereocenters. The van der Waals surface area contributed by atoms with Crippen LogP contribution in [0, 0.1) is 23.5 Å². The minimum Gasteiger partial charge on any atom is -0.383 e. The smallest absolute Gasteiger partial charge is 0.257 e. The molecule has 14 nitrogen and oxygen atoms in total. The normalized spacial score (nSPS) is 24.5. The van der Waals surface area contributed by atoms with Crippen LogP contribution in [0.2, 0.25) is 0 Å². The molecule has 374 valence electrons. The van der Waals surface area contributed by atoms with E-state index in [0.29, 0.717) is 62.8 Å². The van der Waals surface area contributed by atoms with Gasteiger partial charge in [-0.1, -0.05) is 13.8 Å². The number of hydrogen-bond acceptors (Lipinski definition) is 12. The molecule has 6 heterocycles. The Kier molecular flexibility index (Phi) is 15.5. The molecule has 0 radical (unpaired) electrons. The highest BCUT2D eigenvalue weighted by atomic mass is 19.1. The van der Waals surface area contributed by atoms with Crippen LogP contribution in [0.3, 0.4) is 0 Å². The highest BCUT2D eigenvalue weighted by Crippen LogP contribution is 2.40. The fourth-order valence-corrected chi connectivity index (χ4v) is 11.7. The Bertz CT molecular complexity index is 2850. The highest BCUT2D eigenvalue weighted by Gasteiger charge is 2.31. The molecule has 0 spiro atoms. The zero-order valence-electron chi connectivity index (χ0n) is 41.1. The standard InChI is InChI=1S/C28H34FN5O2.C27H32FN5O2/c1-17-10-18(12-19(30)11-17)22-7-8-31-15-26(22)33-28(35)23-5-6-25(29)24-13-21(14-32-27(23)24)34-9-3-4-20(34)16-36-2;1-16-9-17(11-18(29)10-16)21-5-7-30-14-25(21)32-27(34)22-3-4-24(28)23-12-19(13-31-26(22)23)33-8-6-20(15-33)35-2/h5-8,13-15,17-20H,3-4,9-12,16,30H2,1-2H3,(H,33,35);3-5,7,12-14,16-18,20H,6,8-11,15,29H2,1-2H3,(H,32,34)/t17-,18+,19-,20-;16-,17+,18-,20+/m00/s1. The molecule has 2 amide bonds. The molecular weight excluding hydrogens is 903 g/mol. The molecule has 16 heteroatoms. The van der Waals surface area contributed by atoms with Crippen molar-refractivity contribution in [3.05, 3.63) is 120 Å².